The third kappa shape index (κ3) is 5.10. The van der Waals surface area contributed by atoms with Gasteiger partial charge in [0, 0.05) is 29.7 Å². The number of nitrogens with one attached hydrogen (secondary N) is 2. The molecule has 0 aromatic heterocycles. The van der Waals surface area contributed by atoms with Gasteiger partial charge in [0.25, 0.3) is 0 Å². The fourth-order valence-corrected chi connectivity index (χ4v) is 3.59. The predicted octanol–water partition coefficient (Wildman–Crippen LogP) is 1.23. The van der Waals surface area contributed by atoms with Crippen molar-refractivity contribution in [3.8, 4) is 0 Å². The van der Waals surface area contributed by atoms with Crippen molar-refractivity contribution in [3.63, 3.8) is 0 Å². The average molecular weight is 364 g/mol. The Balaban J connectivity index is 2.60. The van der Waals surface area contributed by atoms with Crippen molar-refractivity contribution in [2.24, 2.45) is 0 Å². The second kappa shape index (κ2) is 7.61. The number of sulfonamides is 1. The lowest BCUT2D eigenvalue weighted by molar-refractivity contribution is -0.120. The number of carbonyl (C=O) groups is 1. The van der Waals surface area contributed by atoms with Crippen molar-refractivity contribution in [2.45, 2.75) is 24.7 Å². The van der Waals surface area contributed by atoms with Gasteiger partial charge in [-0.2, -0.15) is 0 Å². The van der Waals surface area contributed by atoms with Gasteiger partial charge in [-0.15, -0.1) is 0 Å². The van der Waals surface area contributed by atoms with E-state index in [0.29, 0.717) is 16.7 Å². The normalized spacial score (nSPS) is 11.3. The summed E-state index contributed by atoms with van der Waals surface area (Å²) in [6.45, 7) is 2.59. The Kier molecular flexibility index (Phi) is 6.44. The number of halogens is 1. The van der Waals surface area contributed by atoms with Crippen molar-refractivity contribution in [2.75, 3.05) is 18.8 Å². The zero-order valence-corrected chi connectivity index (χ0v) is 13.6. The molecule has 4 N–H and O–H groups in total. The van der Waals surface area contributed by atoms with E-state index in [1.807, 2.05) is 6.92 Å². The zero-order valence-electron chi connectivity index (χ0n) is 11.1. The monoisotopic (exact) mass is 363 g/mol. The molecule has 1 aromatic rings. The summed E-state index contributed by atoms with van der Waals surface area (Å²) in [6, 6.07) is 4.44. The first-order valence-electron chi connectivity index (χ1n) is 6.18. The second-order valence-electron chi connectivity index (χ2n) is 4.19. The second-order valence-corrected chi connectivity index (χ2v) is 6.78. The van der Waals surface area contributed by atoms with Crippen LogP contribution in [0, 0.1) is 0 Å². The SMILES string of the molecule is CCCNC(=O)CCNS(=O)(=O)c1ccc(N)cc1Br. The van der Waals surface area contributed by atoms with Gasteiger partial charge in [0.05, 0.1) is 4.90 Å². The highest BCUT2D eigenvalue weighted by molar-refractivity contribution is 9.10. The minimum Gasteiger partial charge on any atom is -0.399 e. The van der Waals surface area contributed by atoms with Crippen LogP contribution in [0.4, 0.5) is 5.69 Å². The lowest BCUT2D eigenvalue weighted by Gasteiger charge is -2.09. The highest BCUT2D eigenvalue weighted by atomic mass is 79.9. The minimum atomic E-state index is -3.66. The number of hydrogen-bond acceptors (Lipinski definition) is 4. The van der Waals surface area contributed by atoms with Gasteiger partial charge in [-0.3, -0.25) is 4.79 Å². The van der Waals surface area contributed by atoms with E-state index in [2.05, 4.69) is 26.0 Å². The Hall–Kier alpha value is -1.12. The summed E-state index contributed by atoms with van der Waals surface area (Å²) >= 11 is 3.16. The number of benzene rings is 1. The molecule has 0 atom stereocenters. The van der Waals surface area contributed by atoms with Crippen LogP contribution in [0.5, 0.6) is 0 Å². The van der Waals surface area contributed by atoms with Crippen LogP contribution in [-0.4, -0.2) is 27.4 Å². The number of rotatable bonds is 7. The van der Waals surface area contributed by atoms with E-state index in [1.165, 1.54) is 18.2 Å². The molecule has 0 saturated heterocycles. The van der Waals surface area contributed by atoms with Crippen molar-refractivity contribution in [1.29, 1.82) is 0 Å². The molecular formula is C12H18BrN3O3S. The number of anilines is 1. The summed E-state index contributed by atoms with van der Waals surface area (Å²) < 4.78 is 26.9. The molecule has 0 bridgehead atoms. The number of nitrogen functional groups attached to an aromatic ring is 1. The lowest BCUT2D eigenvalue weighted by atomic mass is 10.3. The molecule has 0 fully saturated rings. The fourth-order valence-electron chi connectivity index (χ4n) is 1.46. The maximum Gasteiger partial charge on any atom is 0.241 e. The Morgan fingerprint density at radius 1 is 1.35 bits per heavy atom. The van der Waals surface area contributed by atoms with Gasteiger partial charge in [0.1, 0.15) is 0 Å². The largest absolute Gasteiger partial charge is 0.399 e. The van der Waals surface area contributed by atoms with Crippen LogP contribution in [0.1, 0.15) is 19.8 Å². The van der Waals surface area contributed by atoms with E-state index in [0.717, 1.165) is 6.42 Å². The molecule has 8 heteroatoms. The molecule has 0 spiro atoms. The van der Waals surface area contributed by atoms with Gasteiger partial charge in [0.15, 0.2) is 0 Å². The first-order chi connectivity index (χ1) is 9.36. The number of nitrogens with two attached hydrogens (primary N) is 1. The van der Waals surface area contributed by atoms with E-state index in [1.54, 1.807) is 0 Å². The Morgan fingerprint density at radius 2 is 2.05 bits per heavy atom. The van der Waals surface area contributed by atoms with Crippen LogP contribution in [0.15, 0.2) is 27.6 Å². The quantitative estimate of drug-likeness (QED) is 0.634. The van der Waals surface area contributed by atoms with Crippen LogP contribution >= 0.6 is 15.9 Å². The summed E-state index contributed by atoms with van der Waals surface area (Å²) in [5.41, 5.74) is 6.03. The highest BCUT2D eigenvalue weighted by Gasteiger charge is 2.17. The zero-order chi connectivity index (χ0) is 15.2. The molecule has 0 heterocycles. The minimum absolute atomic E-state index is 0.0503. The molecular weight excluding hydrogens is 346 g/mol. The molecule has 6 nitrogen and oxygen atoms in total. The standard InChI is InChI=1S/C12H18BrN3O3S/c1-2-6-15-12(17)5-7-16-20(18,19)11-4-3-9(14)8-10(11)13/h3-4,8,16H,2,5-7,14H2,1H3,(H,15,17). The highest BCUT2D eigenvalue weighted by Crippen LogP contribution is 2.23. The third-order valence-corrected chi connectivity index (χ3v) is 4.90. The van der Waals surface area contributed by atoms with E-state index in [9.17, 15) is 13.2 Å². The molecule has 1 aromatic carbocycles. The van der Waals surface area contributed by atoms with Gasteiger partial charge in [-0.25, -0.2) is 13.1 Å². The van der Waals surface area contributed by atoms with Crippen molar-refractivity contribution >= 4 is 37.5 Å². The van der Waals surface area contributed by atoms with Crippen molar-refractivity contribution < 1.29 is 13.2 Å². The molecule has 1 rings (SSSR count). The van der Waals surface area contributed by atoms with E-state index in [4.69, 9.17) is 5.73 Å². The number of carbonyl (C=O) groups excluding carboxylic acids is 1. The van der Waals surface area contributed by atoms with E-state index in [-0.39, 0.29) is 23.8 Å². The van der Waals surface area contributed by atoms with E-state index < -0.39 is 10.0 Å². The first kappa shape index (κ1) is 16.9. The topological polar surface area (TPSA) is 101 Å². The van der Waals surface area contributed by atoms with E-state index >= 15 is 0 Å². The Labute approximate surface area is 127 Å². The van der Waals surface area contributed by atoms with Gasteiger partial charge >= 0.3 is 0 Å². The molecule has 0 unspecified atom stereocenters. The summed E-state index contributed by atoms with van der Waals surface area (Å²) in [6.07, 6.45) is 0.946. The summed E-state index contributed by atoms with van der Waals surface area (Å²) in [5.74, 6) is -0.175. The number of amides is 1. The molecule has 1 amide bonds. The van der Waals surface area contributed by atoms with Gasteiger partial charge in [-0.05, 0) is 40.5 Å². The summed E-state index contributed by atoms with van der Waals surface area (Å²) in [4.78, 5) is 11.5. The number of hydrogen-bond donors (Lipinski definition) is 3. The van der Waals surface area contributed by atoms with Gasteiger partial charge in [-0.1, -0.05) is 6.92 Å². The van der Waals surface area contributed by atoms with Gasteiger partial charge in [0.2, 0.25) is 15.9 Å². The first-order valence-corrected chi connectivity index (χ1v) is 8.46. The molecule has 0 aliphatic heterocycles. The molecule has 112 valence electrons. The van der Waals surface area contributed by atoms with Gasteiger partial charge < -0.3 is 11.1 Å². The Morgan fingerprint density at radius 3 is 2.65 bits per heavy atom. The fraction of sp³-hybridized carbons (Fsp3) is 0.417. The van der Waals surface area contributed by atoms with Crippen LogP contribution in [0.3, 0.4) is 0 Å². The summed E-state index contributed by atoms with van der Waals surface area (Å²) in [5, 5.41) is 2.68. The molecule has 0 saturated carbocycles. The van der Waals surface area contributed by atoms with Crippen LogP contribution in [0.25, 0.3) is 0 Å². The molecule has 0 radical (unpaired) electrons. The molecule has 20 heavy (non-hydrogen) atoms. The van der Waals surface area contributed by atoms with Crippen LogP contribution in [0.2, 0.25) is 0 Å². The third-order valence-electron chi connectivity index (χ3n) is 2.46. The average Bonchev–Trinajstić information content (AvgIpc) is 2.35. The smallest absolute Gasteiger partial charge is 0.241 e. The molecule has 0 aliphatic rings. The molecule has 0 aliphatic carbocycles. The maximum absolute atomic E-state index is 12.0. The van der Waals surface area contributed by atoms with Crippen LogP contribution in [-0.2, 0) is 14.8 Å². The maximum atomic E-state index is 12.0. The lowest BCUT2D eigenvalue weighted by Crippen LogP contribution is -2.31. The predicted molar refractivity (Wildman–Crippen MR) is 81.7 cm³/mol. The van der Waals surface area contributed by atoms with Crippen LogP contribution < -0.4 is 15.8 Å². The van der Waals surface area contributed by atoms with Crippen molar-refractivity contribution in [3.05, 3.63) is 22.7 Å². The van der Waals surface area contributed by atoms with Crippen molar-refractivity contribution in [1.82, 2.24) is 10.0 Å². The Bertz CT molecular complexity index is 575. The summed E-state index contributed by atoms with van der Waals surface area (Å²) in [7, 11) is -3.66.